The third-order valence-electron chi connectivity index (χ3n) is 5.29. The lowest BCUT2D eigenvalue weighted by Crippen LogP contribution is -2.43. The highest BCUT2D eigenvalue weighted by atomic mass is 35.5. The van der Waals surface area contributed by atoms with Crippen LogP contribution < -0.4 is 15.8 Å². The Labute approximate surface area is 179 Å². The van der Waals surface area contributed by atoms with Crippen LogP contribution in [0.25, 0.3) is 11.3 Å². The fourth-order valence-corrected chi connectivity index (χ4v) is 3.83. The summed E-state index contributed by atoms with van der Waals surface area (Å²) in [5.74, 6) is 0.254. The van der Waals surface area contributed by atoms with Crippen molar-refractivity contribution < 1.29 is 4.79 Å². The zero-order chi connectivity index (χ0) is 21.1. The standard InChI is InChI=1S/C22H22ClN5O2/c1-27-20(29)13-19(15-8-10-24-11-9-15)26-22(27)28-12-4-5-16(14-28)21(30)25-18-7-3-2-6-17(18)23/h2-3,6-11,13,16H,4-5,12,14H2,1H3,(H,25,30). The first kappa shape index (κ1) is 20.1. The number of hydrogen-bond acceptors (Lipinski definition) is 5. The number of piperidine rings is 1. The van der Waals surface area contributed by atoms with Gasteiger partial charge in [0.15, 0.2) is 0 Å². The van der Waals surface area contributed by atoms with Crippen LogP contribution >= 0.6 is 11.6 Å². The molecule has 1 unspecified atom stereocenters. The van der Waals surface area contributed by atoms with Gasteiger partial charge in [0, 0.05) is 44.2 Å². The van der Waals surface area contributed by atoms with Crippen molar-refractivity contribution in [3.8, 4) is 11.3 Å². The molecule has 3 heterocycles. The van der Waals surface area contributed by atoms with Gasteiger partial charge in [-0.05, 0) is 37.1 Å². The van der Waals surface area contributed by atoms with Crippen LogP contribution in [-0.4, -0.2) is 33.5 Å². The Kier molecular flexibility index (Phi) is 5.81. The summed E-state index contributed by atoms with van der Waals surface area (Å²) in [5.41, 5.74) is 1.88. The van der Waals surface area contributed by atoms with Gasteiger partial charge in [-0.25, -0.2) is 4.98 Å². The van der Waals surface area contributed by atoms with Crippen molar-refractivity contribution >= 4 is 29.1 Å². The average Bonchev–Trinajstić information content (AvgIpc) is 2.78. The quantitative estimate of drug-likeness (QED) is 0.696. The van der Waals surface area contributed by atoms with E-state index in [1.807, 2.05) is 29.2 Å². The summed E-state index contributed by atoms with van der Waals surface area (Å²) in [7, 11) is 1.70. The number of nitrogens with zero attached hydrogens (tertiary/aromatic N) is 4. The van der Waals surface area contributed by atoms with Gasteiger partial charge < -0.3 is 10.2 Å². The van der Waals surface area contributed by atoms with Crippen LogP contribution in [0.15, 0.2) is 59.7 Å². The van der Waals surface area contributed by atoms with Crippen LogP contribution in [0.3, 0.4) is 0 Å². The third kappa shape index (κ3) is 4.21. The minimum absolute atomic E-state index is 0.0805. The van der Waals surface area contributed by atoms with Gasteiger partial charge in [0.25, 0.3) is 5.56 Å². The van der Waals surface area contributed by atoms with E-state index in [0.717, 1.165) is 24.9 Å². The first-order valence-electron chi connectivity index (χ1n) is 9.82. The van der Waals surface area contributed by atoms with Crippen LogP contribution in [0.4, 0.5) is 11.6 Å². The predicted molar refractivity (Wildman–Crippen MR) is 118 cm³/mol. The molecule has 1 aliphatic heterocycles. The van der Waals surface area contributed by atoms with Gasteiger partial charge in [0.1, 0.15) is 0 Å². The lowest BCUT2D eigenvalue weighted by Gasteiger charge is -2.33. The van der Waals surface area contributed by atoms with Crippen LogP contribution in [0.5, 0.6) is 0 Å². The minimum atomic E-state index is -0.225. The number of nitrogens with one attached hydrogen (secondary N) is 1. The molecular formula is C22H22ClN5O2. The molecular weight excluding hydrogens is 402 g/mol. The number of carbonyl (C=O) groups is 1. The van der Waals surface area contributed by atoms with Crippen LogP contribution in [0.2, 0.25) is 5.02 Å². The number of para-hydroxylation sites is 1. The molecule has 2 aromatic heterocycles. The summed E-state index contributed by atoms with van der Waals surface area (Å²) in [6, 6.07) is 12.3. The maximum atomic E-state index is 12.8. The molecule has 3 aromatic rings. The number of carbonyl (C=O) groups excluding carboxylic acids is 1. The Bertz CT molecular complexity index is 1120. The number of pyridine rings is 1. The van der Waals surface area contributed by atoms with E-state index in [1.165, 1.54) is 10.6 Å². The van der Waals surface area contributed by atoms with Gasteiger partial charge in [-0.15, -0.1) is 0 Å². The summed E-state index contributed by atoms with van der Waals surface area (Å²) in [6.07, 6.45) is 4.94. The lowest BCUT2D eigenvalue weighted by atomic mass is 9.97. The molecule has 154 valence electrons. The topological polar surface area (TPSA) is 80.1 Å². The number of halogens is 1. The maximum Gasteiger partial charge on any atom is 0.255 e. The Morgan fingerprint density at radius 2 is 1.97 bits per heavy atom. The van der Waals surface area contributed by atoms with Gasteiger partial charge in [0.05, 0.1) is 22.3 Å². The van der Waals surface area contributed by atoms with Crippen molar-refractivity contribution in [3.63, 3.8) is 0 Å². The van der Waals surface area contributed by atoms with Crippen LogP contribution in [-0.2, 0) is 11.8 Å². The molecule has 1 amide bonds. The molecule has 0 aliphatic carbocycles. The number of amides is 1. The molecule has 1 aromatic carbocycles. The number of aromatic nitrogens is 3. The Balaban J connectivity index is 1.57. The van der Waals surface area contributed by atoms with Crippen molar-refractivity contribution in [1.82, 2.24) is 14.5 Å². The molecule has 30 heavy (non-hydrogen) atoms. The van der Waals surface area contributed by atoms with E-state index in [0.29, 0.717) is 28.9 Å². The maximum absolute atomic E-state index is 12.8. The number of benzene rings is 1. The summed E-state index contributed by atoms with van der Waals surface area (Å²) < 4.78 is 1.53. The van der Waals surface area contributed by atoms with Crippen molar-refractivity contribution in [2.45, 2.75) is 12.8 Å². The fraction of sp³-hybridized carbons (Fsp3) is 0.273. The van der Waals surface area contributed by atoms with E-state index in [2.05, 4.69) is 10.3 Å². The SMILES string of the molecule is Cn1c(N2CCCC(C(=O)Nc3ccccc3Cl)C2)nc(-c2ccncc2)cc1=O. The second-order valence-electron chi connectivity index (χ2n) is 7.33. The molecule has 1 N–H and O–H groups in total. The molecule has 8 heteroatoms. The molecule has 0 bridgehead atoms. The second kappa shape index (κ2) is 8.67. The molecule has 0 spiro atoms. The zero-order valence-corrected chi connectivity index (χ0v) is 17.3. The Morgan fingerprint density at radius 1 is 1.20 bits per heavy atom. The highest BCUT2D eigenvalue weighted by Gasteiger charge is 2.28. The second-order valence-corrected chi connectivity index (χ2v) is 7.74. The predicted octanol–water partition coefficient (Wildman–Crippen LogP) is 3.35. The van der Waals surface area contributed by atoms with Crippen molar-refractivity contribution in [1.29, 1.82) is 0 Å². The van der Waals surface area contributed by atoms with Crippen molar-refractivity contribution in [2.24, 2.45) is 13.0 Å². The fourth-order valence-electron chi connectivity index (χ4n) is 3.65. The summed E-state index contributed by atoms with van der Waals surface area (Å²) >= 11 is 6.17. The van der Waals surface area contributed by atoms with Crippen LogP contribution in [0, 0.1) is 5.92 Å². The number of rotatable bonds is 4. The number of hydrogen-bond donors (Lipinski definition) is 1. The molecule has 1 atom stereocenters. The zero-order valence-electron chi connectivity index (χ0n) is 16.6. The molecule has 4 rings (SSSR count). The molecule has 1 aliphatic rings. The molecule has 0 radical (unpaired) electrons. The normalized spacial score (nSPS) is 16.3. The van der Waals surface area contributed by atoms with E-state index in [9.17, 15) is 9.59 Å². The average molecular weight is 424 g/mol. The molecule has 7 nitrogen and oxygen atoms in total. The molecule has 0 saturated carbocycles. The molecule has 1 saturated heterocycles. The summed E-state index contributed by atoms with van der Waals surface area (Å²) in [5, 5.41) is 3.43. The highest BCUT2D eigenvalue weighted by molar-refractivity contribution is 6.33. The van der Waals surface area contributed by atoms with Crippen molar-refractivity contribution in [2.75, 3.05) is 23.3 Å². The van der Waals surface area contributed by atoms with Gasteiger partial charge in [-0.2, -0.15) is 0 Å². The first-order valence-corrected chi connectivity index (χ1v) is 10.2. The van der Waals surface area contributed by atoms with Crippen molar-refractivity contribution in [3.05, 3.63) is 70.2 Å². The molecule has 1 fully saturated rings. The summed E-state index contributed by atoms with van der Waals surface area (Å²) in [4.78, 5) is 36.2. The third-order valence-corrected chi connectivity index (χ3v) is 5.62. The van der Waals surface area contributed by atoms with E-state index in [4.69, 9.17) is 16.6 Å². The van der Waals surface area contributed by atoms with E-state index in [-0.39, 0.29) is 17.4 Å². The smallest absolute Gasteiger partial charge is 0.255 e. The van der Waals surface area contributed by atoms with Gasteiger partial charge in [0.2, 0.25) is 11.9 Å². The largest absolute Gasteiger partial charge is 0.341 e. The summed E-state index contributed by atoms with van der Waals surface area (Å²) in [6.45, 7) is 1.21. The van der Waals surface area contributed by atoms with Gasteiger partial charge >= 0.3 is 0 Å². The van der Waals surface area contributed by atoms with E-state index in [1.54, 1.807) is 31.6 Å². The Morgan fingerprint density at radius 3 is 2.73 bits per heavy atom. The van der Waals surface area contributed by atoms with E-state index < -0.39 is 0 Å². The van der Waals surface area contributed by atoms with Crippen LogP contribution in [0.1, 0.15) is 12.8 Å². The first-order chi connectivity index (χ1) is 14.5. The number of anilines is 2. The van der Waals surface area contributed by atoms with Gasteiger partial charge in [-0.1, -0.05) is 23.7 Å². The monoisotopic (exact) mass is 423 g/mol. The highest BCUT2D eigenvalue weighted by Crippen LogP contribution is 2.26. The minimum Gasteiger partial charge on any atom is -0.341 e. The van der Waals surface area contributed by atoms with E-state index >= 15 is 0 Å². The Hall–Kier alpha value is -3.19. The lowest BCUT2D eigenvalue weighted by molar-refractivity contribution is -0.120. The van der Waals surface area contributed by atoms with Gasteiger partial charge in [-0.3, -0.25) is 19.1 Å².